The van der Waals surface area contributed by atoms with Crippen LogP contribution in [-0.2, 0) is 0 Å². The van der Waals surface area contributed by atoms with Gasteiger partial charge in [0.2, 0.25) is 0 Å². The van der Waals surface area contributed by atoms with Crippen molar-refractivity contribution >= 4 is 23.5 Å². The van der Waals surface area contributed by atoms with Crippen molar-refractivity contribution < 1.29 is 0 Å². The van der Waals surface area contributed by atoms with Gasteiger partial charge in [-0.3, -0.25) is 0 Å². The first kappa shape index (κ1) is 11.9. The van der Waals surface area contributed by atoms with E-state index in [4.69, 9.17) is 5.73 Å². The summed E-state index contributed by atoms with van der Waals surface area (Å²) in [5, 5.41) is 0.674. The first-order valence-corrected chi connectivity index (χ1v) is 8.22. The molecule has 1 heterocycles. The van der Waals surface area contributed by atoms with Gasteiger partial charge in [-0.25, -0.2) is 0 Å². The molecule has 2 N–H and O–H groups in total. The Morgan fingerprint density at radius 3 is 3.00 bits per heavy atom. The lowest BCUT2D eigenvalue weighted by Crippen LogP contribution is -2.38. The Kier molecular flexibility index (Phi) is 4.92. The van der Waals surface area contributed by atoms with E-state index < -0.39 is 0 Å². The molecule has 1 fully saturated rings. The van der Waals surface area contributed by atoms with Crippen LogP contribution in [0.25, 0.3) is 0 Å². The van der Waals surface area contributed by atoms with Crippen LogP contribution in [-0.4, -0.2) is 28.6 Å². The number of thioether (sulfide) groups is 2. The standard InChI is InChI=1S/C12H21NS2/c13-12(11-9-14-7-8-15-11)10-5-3-1-2-4-6-10/h5,11-12H,1-4,6-9,13H2. The van der Waals surface area contributed by atoms with Crippen LogP contribution in [0.15, 0.2) is 11.6 Å². The molecule has 0 radical (unpaired) electrons. The van der Waals surface area contributed by atoms with Gasteiger partial charge < -0.3 is 5.73 Å². The van der Waals surface area contributed by atoms with E-state index >= 15 is 0 Å². The molecule has 1 nitrogen and oxygen atoms in total. The number of rotatable bonds is 2. The zero-order chi connectivity index (χ0) is 10.5. The Balaban J connectivity index is 1.92. The molecule has 2 atom stereocenters. The monoisotopic (exact) mass is 243 g/mol. The van der Waals surface area contributed by atoms with Crippen LogP contribution < -0.4 is 5.73 Å². The third kappa shape index (κ3) is 3.43. The van der Waals surface area contributed by atoms with E-state index in [-0.39, 0.29) is 0 Å². The number of hydrogen-bond acceptors (Lipinski definition) is 3. The maximum atomic E-state index is 6.39. The summed E-state index contributed by atoms with van der Waals surface area (Å²) in [5.74, 6) is 3.85. The predicted molar refractivity (Wildman–Crippen MR) is 72.7 cm³/mol. The van der Waals surface area contributed by atoms with Crippen LogP contribution in [0.5, 0.6) is 0 Å². The summed E-state index contributed by atoms with van der Waals surface area (Å²) in [7, 11) is 0. The molecular formula is C12H21NS2. The zero-order valence-corrected chi connectivity index (χ0v) is 10.9. The van der Waals surface area contributed by atoms with Crippen molar-refractivity contribution in [1.82, 2.24) is 0 Å². The van der Waals surface area contributed by atoms with Crippen molar-refractivity contribution in [2.75, 3.05) is 17.3 Å². The quantitative estimate of drug-likeness (QED) is 0.755. The topological polar surface area (TPSA) is 26.0 Å². The Morgan fingerprint density at radius 1 is 1.27 bits per heavy atom. The second kappa shape index (κ2) is 6.21. The van der Waals surface area contributed by atoms with Crippen LogP contribution >= 0.6 is 23.5 Å². The van der Waals surface area contributed by atoms with Crippen molar-refractivity contribution in [3.63, 3.8) is 0 Å². The molecule has 0 saturated carbocycles. The summed E-state index contributed by atoms with van der Waals surface area (Å²) in [4.78, 5) is 0. The van der Waals surface area contributed by atoms with E-state index in [1.54, 1.807) is 5.57 Å². The summed E-state index contributed by atoms with van der Waals surface area (Å²) in [6.07, 6.45) is 9.04. The van der Waals surface area contributed by atoms with E-state index in [1.165, 1.54) is 49.4 Å². The van der Waals surface area contributed by atoms with Crippen molar-refractivity contribution in [1.29, 1.82) is 0 Å². The Labute approximate surface area is 102 Å². The molecule has 0 aromatic rings. The minimum absolute atomic E-state index is 0.334. The summed E-state index contributed by atoms with van der Waals surface area (Å²) in [6, 6.07) is 0.334. The van der Waals surface area contributed by atoms with Crippen LogP contribution in [0, 0.1) is 0 Å². The molecule has 0 aromatic carbocycles. The predicted octanol–water partition coefficient (Wildman–Crippen LogP) is 3.05. The summed E-state index contributed by atoms with van der Waals surface area (Å²) in [5.41, 5.74) is 7.94. The fourth-order valence-electron chi connectivity index (χ4n) is 2.29. The Bertz CT molecular complexity index is 222. The highest BCUT2D eigenvalue weighted by molar-refractivity contribution is 8.06. The normalized spacial score (nSPS) is 30.5. The van der Waals surface area contributed by atoms with Gasteiger partial charge in [-0.2, -0.15) is 23.5 Å². The number of nitrogens with two attached hydrogens (primary N) is 1. The van der Waals surface area contributed by atoms with Crippen molar-refractivity contribution in [2.24, 2.45) is 5.73 Å². The molecule has 15 heavy (non-hydrogen) atoms. The fourth-order valence-corrected chi connectivity index (χ4v) is 5.12. The lowest BCUT2D eigenvalue weighted by atomic mass is 10.0. The Hall–Kier alpha value is 0.400. The van der Waals surface area contributed by atoms with Crippen LogP contribution in [0.2, 0.25) is 0 Å². The molecule has 0 amide bonds. The van der Waals surface area contributed by atoms with Gasteiger partial charge in [-0.15, -0.1) is 0 Å². The van der Waals surface area contributed by atoms with Gasteiger partial charge in [0.1, 0.15) is 0 Å². The molecule has 0 aromatic heterocycles. The molecule has 0 bridgehead atoms. The largest absolute Gasteiger partial charge is 0.323 e. The van der Waals surface area contributed by atoms with E-state index in [0.717, 1.165) is 0 Å². The van der Waals surface area contributed by atoms with Gasteiger partial charge in [0.15, 0.2) is 0 Å². The molecule has 3 heteroatoms. The SMILES string of the molecule is NC(C1=CCCCCC1)C1CSCCS1. The van der Waals surface area contributed by atoms with E-state index in [2.05, 4.69) is 29.6 Å². The second-order valence-electron chi connectivity index (χ2n) is 4.39. The molecule has 0 spiro atoms. The summed E-state index contributed by atoms with van der Waals surface area (Å²) in [6.45, 7) is 0. The highest BCUT2D eigenvalue weighted by Gasteiger charge is 2.24. The van der Waals surface area contributed by atoms with Crippen molar-refractivity contribution in [2.45, 2.75) is 43.4 Å². The molecular weight excluding hydrogens is 222 g/mol. The third-order valence-corrected chi connectivity index (χ3v) is 6.13. The van der Waals surface area contributed by atoms with Gasteiger partial charge in [-0.1, -0.05) is 18.1 Å². The maximum Gasteiger partial charge on any atom is 0.0382 e. The molecule has 2 unspecified atom stereocenters. The molecule has 2 rings (SSSR count). The van der Waals surface area contributed by atoms with Gasteiger partial charge in [0, 0.05) is 28.6 Å². The highest BCUT2D eigenvalue weighted by Crippen LogP contribution is 2.30. The second-order valence-corrected chi connectivity index (χ2v) is 6.89. The lowest BCUT2D eigenvalue weighted by molar-refractivity contribution is 0.671. The molecule has 1 aliphatic heterocycles. The molecule has 1 aliphatic carbocycles. The van der Waals surface area contributed by atoms with Crippen LogP contribution in [0.1, 0.15) is 32.1 Å². The number of allylic oxidation sites excluding steroid dienone is 1. The fraction of sp³-hybridized carbons (Fsp3) is 0.833. The van der Waals surface area contributed by atoms with Gasteiger partial charge in [-0.05, 0) is 25.7 Å². The lowest BCUT2D eigenvalue weighted by Gasteiger charge is -2.28. The van der Waals surface area contributed by atoms with E-state index in [1.807, 2.05) is 0 Å². The minimum atomic E-state index is 0.334. The molecule has 2 aliphatic rings. The third-order valence-electron chi connectivity index (χ3n) is 3.25. The summed E-state index contributed by atoms with van der Waals surface area (Å²) >= 11 is 4.16. The molecule has 1 saturated heterocycles. The minimum Gasteiger partial charge on any atom is -0.323 e. The van der Waals surface area contributed by atoms with Crippen LogP contribution in [0.4, 0.5) is 0 Å². The van der Waals surface area contributed by atoms with Gasteiger partial charge in [0.25, 0.3) is 0 Å². The highest BCUT2D eigenvalue weighted by atomic mass is 32.2. The smallest absolute Gasteiger partial charge is 0.0382 e. The average Bonchev–Trinajstić information content (AvgIpc) is 2.58. The number of hydrogen-bond donors (Lipinski definition) is 1. The van der Waals surface area contributed by atoms with Crippen molar-refractivity contribution in [3.05, 3.63) is 11.6 Å². The first-order valence-electron chi connectivity index (χ1n) is 6.02. The Morgan fingerprint density at radius 2 is 2.20 bits per heavy atom. The zero-order valence-electron chi connectivity index (χ0n) is 9.28. The first-order chi connectivity index (χ1) is 7.38. The van der Waals surface area contributed by atoms with Crippen molar-refractivity contribution in [3.8, 4) is 0 Å². The average molecular weight is 243 g/mol. The van der Waals surface area contributed by atoms with E-state index in [0.29, 0.717) is 11.3 Å². The van der Waals surface area contributed by atoms with Crippen LogP contribution in [0.3, 0.4) is 0 Å². The maximum absolute atomic E-state index is 6.39. The molecule has 86 valence electrons. The van der Waals surface area contributed by atoms with Gasteiger partial charge >= 0.3 is 0 Å². The van der Waals surface area contributed by atoms with Gasteiger partial charge in [0.05, 0.1) is 0 Å². The van der Waals surface area contributed by atoms with E-state index in [9.17, 15) is 0 Å². The summed E-state index contributed by atoms with van der Waals surface area (Å²) < 4.78 is 0.